The first-order chi connectivity index (χ1) is 13.3. The van der Waals surface area contributed by atoms with Gasteiger partial charge in [0.25, 0.3) is 0 Å². The van der Waals surface area contributed by atoms with E-state index in [0.717, 1.165) is 17.7 Å². The maximum atomic E-state index is 12.4. The van der Waals surface area contributed by atoms with Gasteiger partial charge < -0.3 is 14.4 Å². The topological polar surface area (TPSA) is 73.1 Å². The van der Waals surface area contributed by atoms with Crippen LogP contribution in [0.5, 0.6) is 0 Å². The molecule has 0 unspecified atom stereocenters. The first-order valence-corrected chi connectivity index (χ1v) is 10.1. The van der Waals surface area contributed by atoms with E-state index in [9.17, 15) is 9.59 Å². The van der Waals surface area contributed by atoms with Gasteiger partial charge in [-0.2, -0.15) is 0 Å². The highest BCUT2D eigenvalue weighted by Gasteiger charge is 2.25. The largest absolute Gasteiger partial charge is 0.448 e. The van der Waals surface area contributed by atoms with Gasteiger partial charge in [0.2, 0.25) is 4.80 Å². The lowest BCUT2D eigenvalue weighted by Crippen LogP contribution is -2.39. The highest BCUT2D eigenvalue weighted by Crippen LogP contribution is 2.23. The Hall–Kier alpha value is -2.61. The number of thiazole rings is 1. The number of fused-ring (bicyclic) bond motifs is 1. The molecule has 2 heterocycles. The fraction of sp³-hybridized carbons (Fsp3) is 0.450. The van der Waals surface area contributed by atoms with Crippen molar-refractivity contribution >= 4 is 23.5 Å². The molecule has 1 aromatic heterocycles. The Morgan fingerprint density at radius 2 is 2.04 bits per heavy atom. The van der Waals surface area contributed by atoms with E-state index >= 15 is 0 Å². The molecule has 3 rings (SSSR count). The third kappa shape index (κ3) is 4.81. The van der Waals surface area contributed by atoms with Gasteiger partial charge in [-0.15, -0.1) is 16.3 Å². The van der Waals surface area contributed by atoms with Crippen LogP contribution in [-0.4, -0.2) is 40.4 Å². The second-order valence-electron chi connectivity index (χ2n) is 7.47. The molecule has 0 bridgehead atoms. The summed E-state index contributed by atoms with van der Waals surface area (Å²) >= 11 is 1.36. The molecule has 2 aromatic rings. The fourth-order valence-corrected chi connectivity index (χ4v) is 3.67. The smallest absolute Gasteiger partial charge is 0.436 e. The summed E-state index contributed by atoms with van der Waals surface area (Å²) in [6, 6.07) is 6.09. The number of benzene rings is 1. The van der Waals surface area contributed by atoms with Gasteiger partial charge in [0.1, 0.15) is 5.60 Å². The average Bonchev–Trinajstić information content (AvgIpc) is 3.07. The lowest BCUT2D eigenvalue weighted by atomic mass is 9.99. The van der Waals surface area contributed by atoms with E-state index in [4.69, 9.17) is 9.47 Å². The van der Waals surface area contributed by atoms with Crippen molar-refractivity contribution in [3.05, 3.63) is 45.7 Å². The molecule has 0 saturated heterocycles. The molecule has 0 saturated carbocycles. The Bertz CT molecular complexity index is 939. The number of carbonyl (C=O) groups excluding carboxylic acids is 2. The summed E-state index contributed by atoms with van der Waals surface area (Å²) in [6.07, 6.45) is 1.74. The molecule has 0 spiro atoms. The molecular formula is C20H25N3O4S. The highest BCUT2D eigenvalue weighted by molar-refractivity contribution is 7.07. The third-order valence-corrected chi connectivity index (χ3v) is 4.93. The monoisotopic (exact) mass is 403 g/mol. The molecule has 1 aliphatic heterocycles. The van der Waals surface area contributed by atoms with Crippen LogP contribution >= 0.6 is 11.3 Å². The maximum Gasteiger partial charge on any atom is 0.436 e. The molecule has 7 nitrogen and oxygen atoms in total. The van der Waals surface area contributed by atoms with Crippen molar-refractivity contribution < 1.29 is 19.1 Å². The van der Waals surface area contributed by atoms with Gasteiger partial charge in [0, 0.05) is 30.4 Å². The molecule has 0 fully saturated rings. The zero-order valence-electron chi connectivity index (χ0n) is 16.6. The highest BCUT2D eigenvalue weighted by atomic mass is 32.1. The predicted molar refractivity (Wildman–Crippen MR) is 107 cm³/mol. The number of amides is 2. The van der Waals surface area contributed by atoms with Gasteiger partial charge in [-0.1, -0.05) is 6.07 Å². The Kier molecular flexibility index (Phi) is 5.88. The predicted octanol–water partition coefficient (Wildman–Crippen LogP) is 3.89. The van der Waals surface area contributed by atoms with Crippen LogP contribution in [0.2, 0.25) is 0 Å². The standard InChI is InChI=1S/C20H25N3O4S/c1-5-26-18(24)21-17-23(10-11-28-17)16-7-6-14-8-9-22(13-15(14)12-16)19(25)27-20(2,3)4/h6-7,10-12H,5,8-9,13H2,1-4H3/b21-17-. The Morgan fingerprint density at radius 3 is 2.75 bits per heavy atom. The van der Waals surface area contributed by atoms with Crippen LogP contribution < -0.4 is 4.80 Å². The van der Waals surface area contributed by atoms with E-state index in [-0.39, 0.29) is 12.7 Å². The molecule has 0 N–H and O–H groups in total. The normalized spacial score (nSPS) is 14.6. The second kappa shape index (κ2) is 8.18. The van der Waals surface area contributed by atoms with Crippen LogP contribution in [0, 0.1) is 0 Å². The molecule has 1 aromatic carbocycles. The molecule has 2 amide bonds. The molecule has 28 heavy (non-hydrogen) atoms. The number of hydrogen-bond donors (Lipinski definition) is 0. The summed E-state index contributed by atoms with van der Waals surface area (Å²) in [5, 5.41) is 1.87. The quantitative estimate of drug-likeness (QED) is 0.763. The summed E-state index contributed by atoms with van der Waals surface area (Å²) in [5.41, 5.74) is 2.64. The van der Waals surface area contributed by atoms with E-state index in [1.54, 1.807) is 11.8 Å². The fourth-order valence-electron chi connectivity index (χ4n) is 2.96. The molecule has 0 aliphatic carbocycles. The zero-order valence-corrected chi connectivity index (χ0v) is 17.4. The van der Waals surface area contributed by atoms with Crippen LogP contribution in [-0.2, 0) is 22.4 Å². The van der Waals surface area contributed by atoms with Crippen molar-refractivity contribution in [2.45, 2.75) is 46.3 Å². The minimum atomic E-state index is -0.604. The second-order valence-corrected chi connectivity index (χ2v) is 8.34. The molecule has 0 atom stereocenters. The van der Waals surface area contributed by atoms with Crippen molar-refractivity contribution in [2.24, 2.45) is 4.99 Å². The van der Waals surface area contributed by atoms with E-state index < -0.39 is 11.7 Å². The van der Waals surface area contributed by atoms with Gasteiger partial charge in [0.05, 0.1) is 6.61 Å². The number of aromatic nitrogens is 1. The van der Waals surface area contributed by atoms with Crippen LogP contribution in [0.4, 0.5) is 9.59 Å². The first-order valence-electron chi connectivity index (χ1n) is 9.24. The summed E-state index contributed by atoms with van der Waals surface area (Å²) in [6.45, 7) is 8.75. The summed E-state index contributed by atoms with van der Waals surface area (Å²) in [7, 11) is 0. The van der Waals surface area contributed by atoms with E-state index in [0.29, 0.717) is 17.9 Å². The molecule has 1 aliphatic rings. The minimum Gasteiger partial charge on any atom is -0.448 e. The van der Waals surface area contributed by atoms with Gasteiger partial charge in [-0.05, 0) is 57.4 Å². The summed E-state index contributed by atoms with van der Waals surface area (Å²) < 4.78 is 12.2. The van der Waals surface area contributed by atoms with Crippen molar-refractivity contribution in [3.8, 4) is 5.69 Å². The third-order valence-electron chi connectivity index (χ3n) is 4.18. The number of hydrogen-bond acceptors (Lipinski definition) is 5. The Balaban J connectivity index is 1.86. The molecular weight excluding hydrogens is 378 g/mol. The maximum absolute atomic E-state index is 12.4. The Labute approximate surface area is 168 Å². The summed E-state index contributed by atoms with van der Waals surface area (Å²) in [5.74, 6) is 0. The molecule has 150 valence electrons. The number of ether oxygens (including phenoxy) is 2. The average molecular weight is 404 g/mol. The van der Waals surface area contributed by atoms with Crippen LogP contribution in [0.25, 0.3) is 5.69 Å². The van der Waals surface area contributed by atoms with Crippen LogP contribution in [0.15, 0.2) is 34.8 Å². The first kappa shape index (κ1) is 20.1. The van der Waals surface area contributed by atoms with E-state index in [1.165, 1.54) is 16.9 Å². The number of nitrogens with zero attached hydrogens (tertiary/aromatic N) is 3. The molecule has 8 heteroatoms. The van der Waals surface area contributed by atoms with Gasteiger partial charge in [-0.3, -0.25) is 4.57 Å². The Morgan fingerprint density at radius 1 is 1.25 bits per heavy atom. The summed E-state index contributed by atoms with van der Waals surface area (Å²) in [4.78, 5) is 30.4. The van der Waals surface area contributed by atoms with Gasteiger partial charge in [-0.25, -0.2) is 9.59 Å². The van der Waals surface area contributed by atoms with Crippen LogP contribution in [0.1, 0.15) is 38.8 Å². The van der Waals surface area contributed by atoms with Crippen molar-refractivity contribution in [1.29, 1.82) is 0 Å². The van der Waals surface area contributed by atoms with Crippen molar-refractivity contribution in [1.82, 2.24) is 9.47 Å². The number of carbonyl (C=O) groups is 2. The molecule has 0 radical (unpaired) electrons. The van der Waals surface area contributed by atoms with Gasteiger partial charge in [0.15, 0.2) is 0 Å². The van der Waals surface area contributed by atoms with E-state index in [1.807, 2.05) is 49.0 Å². The van der Waals surface area contributed by atoms with Crippen LogP contribution in [0.3, 0.4) is 0 Å². The van der Waals surface area contributed by atoms with Gasteiger partial charge >= 0.3 is 12.2 Å². The lowest BCUT2D eigenvalue weighted by Gasteiger charge is -2.31. The van der Waals surface area contributed by atoms with E-state index in [2.05, 4.69) is 11.1 Å². The van der Waals surface area contributed by atoms with Crippen molar-refractivity contribution in [2.75, 3.05) is 13.2 Å². The zero-order chi connectivity index (χ0) is 20.3. The lowest BCUT2D eigenvalue weighted by molar-refractivity contribution is 0.0224. The van der Waals surface area contributed by atoms with Crippen molar-refractivity contribution in [3.63, 3.8) is 0 Å². The number of rotatable bonds is 2. The SMILES string of the molecule is CCOC(=O)/N=c1\sccn1-c1ccc2c(c1)CN(C(=O)OC(C)(C)C)CC2. The minimum absolute atomic E-state index is 0.285.